The van der Waals surface area contributed by atoms with Gasteiger partial charge in [-0.05, 0) is 75.6 Å². The first-order valence-corrected chi connectivity index (χ1v) is 14.1. The fraction of sp³-hybridized carbons (Fsp3) is 0.600. The molecule has 0 bridgehead atoms. The van der Waals surface area contributed by atoms with Gasteiger partial charge in [-0.2, -0.15) is 0 Å². The maximum Gasteiger partial charge on any atom is 1.00 e. The Morgan fingerprint density at radius 1 is 0.513 bits per heavy atom. The molecular weight excluding hydrogens is 543 g/mol. The molecule has 1 aliphatic carbocycles. The second-order valence-corrected chi connectivity index (χ2v) is 9.54. The molecule has 0 aromatic carbocycles. The van der Waals surface area contributed by atoms with E-state index in [4.69, 9.17) is 14.2 Å². The van der Waals surface area contributed by atoms with Crippen LogP contribution in [0.2, 0.25) is 0 Å². The van der Waals surface area contributed by atoms with Crippen LogP contribution in [0.15, 0.2) is 49.1 Å². The van der Waals surface area contributed by atoms with Crippen molar-refractivity contribution in [1.82, 2.24) is 9.97 Å². The molecule has 0 spiro atoms. The molecule has 1 radical (unpaired) electrons. The number of nitrogens with zero attached hydrogens (tertiary/aromatic N) is 2. The van der Waals surface area contributed by atoms with Gasteiger partial charge in [0.05, 0.1) is 0 Å². The van der Waals surface area contributed by atoms with Crippen LogP contribution in [0.5, 0.6) is 0 Å². The van der Waals surface area contributed by atoms with E-state index in [0.717, 1.165) is 65.6 Å². The molecule has 4 fully saturated rings. The second kappa shape index (κ2) is 26.4. The molecule has 6 rings (SSSR count). The molecule has 1 saturated carbocycles. The van der Waals surface area contributed by atoms with Crippen molar-refractivity contribution in [1.29, 1.82) is 0 Å². The first kappa shape index (κ1) is 37.8. The van der Waals surface area contributed by atoms with E-state index >= 15 is 0 Å². The van der Waals surface area contributed by atoms with Gasteiger partial charge in [0.1, 0.15) is 0 Å². The minimum absolute atomic E-state index is 0. The molecule has 5 heterocycles. The molecule has 7 nitrogen and oxygen atoms in total. The Morgan fingerprint density at radius 2 is 0.821 bits per heavy atom. The first-order chi connectivity index (χ1) is 18.4. The van der Waals surface area contributed by atoms with Gasteiger partial charge in [-0.15, -0.1) is 0 Å². The largest absolute Gasteiger partial charge is 1.00 e. The van der Waals surface area contributed by atoms with Crippen LogP contribution in [0.3, 0.4) is 0 Å². The summed E-state index contributed by atoms with van der Waals surface area (Å²) >= 11 is 0. The molecule has 4 aliphatic rings. The van der Waals surface area contributed by atoms with Crippen LogP contribution >= 0.6 is 0 Å². The number of pyridine rings is 2. The van der Waals surface area contributed by atoms with Crippen LogP contribution < -0.4 is 61.4 Å². The fourth-order valence-corrected chi connectivity index (χ4v) is 4.25. The number of hydrogen-bond donors (Lipinski definition) is 2. The van der Waals surface area contributed by atoms with Crippen LogP contribution in [-0.4, -0.2) is 112 Å². The molecule has 2 N–H and O–H groups in total. The van der Waals surface area contributed by atoms with Crippen molar-refractivity contribution in [2.75, 3.05) is 39.6 Å². The van der Waals surface area contributed by atoms with Crippen molar-refractivity contribution in [3.05, 3.63) is 60.2 Å². The van der Waals surface area contributed by atoms with Gasteiger partial charge in [0, 0.05) is 140 Å². The predicted octanol–water partition coefficient (Wildman–Crippen LogP) is -1.19. The third-order valence-corrected chi connectivity index (χ3v) is 6.46. The molecular formula is C30H46K2N4O3+3. The average molecular weight is 589 g/mol. The van der Waals surface area contributed by atoms with Gasteiger partial charge < -0.3 is 14.2 Å². The van der Waals surface area contributed by atoms with E-state index in [1.54, 1.807) is 0 Å². The summed E-state index contributed by atoms with van der Waals surface area (Å²) in [5.74, 6) is 0. The summed E-state index contributed by atoms with van der Waals surface area (Å²) in [5.41, 5.74) is 5.25. The van der Waals surface area contributed by atoms with E-state index in [-0.39, 0.29) is 103 Å². The Labute approximate surface area is 320 Å². The SMILES string of the molecule is C1CCOC1.C1CCOC1.C1CCOC1.[K+].[K].c1cc(C[NH+]=C2CCCCC2=[NH+]Cc2ccncc2)ccn1. The predicted molar refractivity (Wildman–Crippen MR) is 152 cm³/mol. The topological polar surface area (TPSA) is 81.4 Å². The molecule has 3 saturated heterocycles. The molecule has 2 aromatic rings. The monoisotopic (exact) mass is 588 g/mol. The first-order valence-electron chi connectivity index (χ1n) is 14.1. The quantitative estimate of drug-likeness (QED) is 0.439. The Hall–Kier alpha value is 0.793. The summed E-state index contributed by atoms with van der Waals surface area (Å²) in [6.45, 7) is 7.72. The third kappa shape index (κ3) is 18.8. The molecule has 3 aliphatic heterocycles. The molecule has 203 valence electrons. The van der Waals surface area contributed by atoms with Crippen molar-refractivity contribution in [3.63, 3.8) is 0 Å². The zero-order valence-corrected chi connectivity index (χ0v) is 30.7. The van der Waals surface area contributed by atoms with Gasteiger partial charge in [-0.1, -0.05) is 0 Å². The van der Waals surface area contributed by atoms with E-state index in [1.165, 1.54) is 73.9 Å². The van der Waals surface area contributed by atoms with Crippen molar-refractivity contribution < 1.29 is 75.6 Å². The van der Waals surface area contributed by atoms with Gasteiger partial charge in [-0.25, -0.2) is 9.98 Å². The minimum atomic E-state index is 0. The maximum atomic E-state index is 4.94. The Balaban J connectivity index is 0.000000361. The molecule has 2 aromatic heterocycles. The van der Waals surface area contributed by atoms with Crippen LogP contribution in [0.4, 0.5) is 0 Å². The van der Waals surface area contributed by atoms with E-state index in [9.17, 15) is 0 Å². The zero-order chi connectivity index (χ0) is 25.6. The summed E-state index contributed by atoms with van der Waals surface area (Å²) < 4.78 is 14.8. The number of rotatable bonds is 4. The van der Waals surface area contributed by atoms with E-state index < -0.39 is 0 Å². The van der Waals surface area contributed by atoms with Crippen molar-refractivity contribution in [2.24, 2.45) is 0 Å². The van der Waals surface area contributed by atoms with E-state index in [0.29, 0.717) is 0 Å². The van der Waals surface area contributed by atoms with Crippen LogP contribution in [0.1, 0.15) is 75.3 Å². The maximum absolute atomic E-state index is 4.94. The van der Waals surface area contributed by atoms with Crippen LogP contribution in [-0.2, 0) is 27.3 Å². The molecule has 39 heavy (non-hydrogen) atoms. The Morgan fingerprint density at radius 3 is 1.08 bits per heavy atom. The van der Waals surface area contributed by atoms with Gasteiger partial charge >= 0.3 is 51.4 Å². The minimum Gasteiger partial charge on any atom is -0.381 e. The van der Waals surface area contributed by atoms with Crippen LogP contribution in [0.25, 0.3) is 0 Å². The van der Waals surface area contributed by atoms with E-state index in [1.807, 2.05) is 24.8 Å². The molecule has 9 heteroatoms. The molecule has 0 unspecified atom stereocenters. The average Bonchev–Trinajstić information content (AvgIpc) is 3.79. The normalized spacial score (nSPS) is 19.8. The van der Waals surface area contributed by atoms with Gasteiger partial charge in [-0.3, -0.25) is 9.97 Å². The van der Waals surface area contributed by atoms with Gasteiger partial charge in [0.2, 0.25) is 11.4 Å². The van der Waals surface area contributed by atoms with Crippen molar-refractivity contribution in [3.8, 4) is 0 Å². The Kier molecular flexibility index (Phi) is 25.6. The smallest absolute Gasteiger partial charge is 0.381 e. The molecule has 0 atom stereocenters. The summed E-state index contributed by atoms with van der Waals surface area (Å²) in [4.78, 5) is 15.3. The van der Waals surface area contributed by atoms with Crippen molar-refractivity contribution in [2.45, 2.75) is 77.3 Å². The zero-order valence-electron chi connectivity index (χ0n) is 24.5. The number of nitrogens with one attached hydrogen (secondary N) is 2. The summed E-state index contributed by atoms with van der Waals surface area (Å²) in [5, 5.41) is 0. The van der Waals surface area contributed by atoms with E-state index in [2.05, 4.69) is 44.2 Å². The summed E-state index contributed by atoms with van der Waals surface area (Å²) in [6.07, 6.45) is 19.8. The fourth-order valence-electron chi connectivity index (χ4n) is 4.25. The van der Waals surface area contributed by atoms with Gasteiger partial charge in [0.15, 0.2) is 13.1 Å². The molecule has 0 amide bonds. The summed E-state index contributed by atoms with van der Waals surface area (Å²) in [7, 11) is 0. The Bertz CT molecular complexity index is 783. The number of ether oxygens (including phenoxy) is 3. The second-order valence-electron chi connectivity index (χ2n) is 9.54. The third-order valence-electron chi connectivity index (χ3n) is 6.46. The standard InChI is InChI=1S/C18H20N4.3C4H8O.2K/c1-2-4-18(22-14-16-7-11-20-12-8-16)17(3-1)21-13-15-5-9-19-10-6-15;3*1-2-4-5-3-1;;/h5-12H,1-4,13-14H2;3*1-4H2;;/q;;;;;+1/p+2. The van der Waals surface area contributed by atoms with Crippen molar-refractivity contribution >= 4 is 62.8 Å². The summed E-state index contributed by atoms with van der Waals surface area (Å²) in [6, 6.07) is 8.22. The van der Waals surface area contributed by atoms with Crippen LogP contribution in [0, 0.1) is 0 Å². The van der Waals surface area contributed by atoms with Gasteiger partial charge in [0.25, 0.3) is 0 Å². The number of aromatic nitrogens is 2. The number of hydrogen-bond acceptors (Lipinski definition) is 5.